The third kappa shape index (κ3) is 3.73. The van der Waals surface area contributed by atoms with E-state index in [0.717, 1.165) is 53.3 Å². The van der Waals surface area contributed by atoms with Crippen molar-refractivity contribution in [2.75, 3.05) is 27.2 Å². The van der Waals surface area contributed by atoms with Crippen molar-refractivity contribution in [2.24, 2.45) is 0 Å². The Morgan fingerprint density at radius 3 is 2.85 bits per heavy atom. The zero-order chi connectivity index (χ0) is 18.8. The molecule has 0 spiro atoms. The standard InChI is InChI=1S/C21H24N4OS/c1-24(2)21(26)19-18(17-9-5-11-23-20(17)27-19)15-7-6-12-25(13-15)14-16-8-3-4-10-22-16/h3-5,8-11,15H,6-7,12-14H2,1-2H3. The predicted octanol–water partition coefficient (Wildman–Crippen LogP) is 3.77. The van der Waals surface area contributed by atoms with Crippen molar-refractivity contribution in [3.63, 3.8) is 0 Å². The number of thiophene rings is 1. The summed E-state index contributed by atoms with van der Waals surface area (Å²) in [5, 5.41) is 1.14. The number of pyridine rings is 2. The zero-order valence-corrected chi connectivity index (χ0v) is 16.6. The number of hydrogen-bond acceptors (Lipinski definition) is 5. The van der Waals surface area contributed by atoms with Gasteiger partial charge in [0.15, 0.2) is 0 Å². The van der Waals surface area contributed by atoms with E-state index in [9.17, 15) is 4.79 Å². The normalized spacial score (nSPS) is 17.9. The molecule has 1 aliphatic heterocycles. The predicted molar refractivity (Wildman–Crippen MR) is 109 cm³/mol. The summed E-state index contributed by atoms with van der Waals surface area (Å²) in [5.74, 6) is 0.425. The molecule has 0 aromatic carbocycles. The van der Waals surface area contributed by atoms with Crippen molar-refractivity contribution in [1.82, 2.24) is 19.8 Å². The molecule has 140 valence electrons. The SMILES string of the molecule is CN(C)C(=O)c1sc2ncccc2c1C1CCCN(Cc2ccccn2)C1. The fourth-order valence-electron chi connectivity index (χ4n) is 3.87. The summed E-state index contributed by atoms with van der Waals surface area (Å²) in [5.41, 5.74) is 2.28. The summed E-state index contributed by atoms with van der Waals surface area (Å²) < 4.78 is 0. The van der Waals surface area contributed by atoms with E-state index in [1.807, 2.05) is 38.5 Å². The van der Waals surface area contributed by atoms with Gasteiger partial charge >= 0.3 is 0 Å². The monoisotopic (exact) mass is 380 g/mol. The molecule has 1 atom stereocenters. The first-order valence-electron chi connectivity index (χ1n) is 9.35. The Kier molecular flexibility index (Phi) is 5.18. The molecule has 0 N–H and O–H groups in total. The molecular weight excluding hydrogens is 356 g/mol. The lowest BCUT2D eigenvalue weighted by atomic mass is 9.88. The van der Waals surface area contributed by atoms with Crippen LogP contribution in [0, 0.1) is 0 Å². The minimum Gasteiger partial charge on any atom is -0.344 e. The molecule has 0 aliphatic carbocycles. The van der Waals surface area contributed by atoms with Gasteiger partial charge in [0.1, 0.15) is 4.83 Å². The number of nitrogens with zero attached hydrogens (tertiary/aromatic N) is 4. The molecule has 1 saturated heterocycles. The van der Waals surface area contributed by atoms with E-state index in [4.69, 9.17) is 0 Å². The molecule has 27 heavy (non-hydrogen) atoms. The number of carbonyl (C=O) groups excluding carboxylic acids is 1. The highest BCUT2D eigenvalue weighted by molar-refractivity contribution is 7.20. The summed E-state index contributed by atoms with van der Waals surface area (Å²) >= 11 is 1.53. The highest BCUT2D eigenvalue weighted by Gasteiger charge is 2.29. The summed E-state index contributed by atoms with van der Waals surface area (Å²) in [4.78, 5) is 27.7. The Hall–Kier alpha value is -2.31. The molecule has 1 aliphatic rings. The second-order valence-corrected chi connectivity index (χ2v) is 8.29. The van der Waals surface area contributed by atoms with E-state index >= 15 is 0 Å². The summed E-state index contributed by atoms with van der Waals surface area (Å²) in [6.07, 6.45) is 5.89. The number of rotatable bonds is 4. The lowest BCUT2D eigenvalue weighted by Crippen LogP contribution is -2.34. The van der Waals surface area contributed by atoms with Gasteiger partial charge in [0.05, 0.1) is 10.6 Å². The van der Waals surface area contributed by atoms with Crippen LogP contribution in [0.2, 0.25) is 0 Å². The van der Waals surface area contributed by atoms with Crippen molar-refractivity contribution in [2.45, 2.75) is 25.3 Å². The topological polar surface area (TPSA) is 49.3 Å². The highest BCUT2D eigenvalue weighted by atomic mass is 32.1. The van der Waals surface area contributed by atoms with Crippen molar-refractivity contribution < 1.29 is 4.79 Å². The van der Waals surface area contributed by atoms with Crippen LogP contribution in [0.5, 0.6) is 0 Å². The van der Waals surface area contributed by atoms with Crippen LogP contribution in [-0.4, -0.2) is 52.9 Å². The second-order valence-electron chi connectivity index (χ2n) is 7.30. The number of amides is 1. The maximum Gasteiger partial charge on any atom is 0.263 e. The molecule has 1 fully saturated rings. The molecule has 4 rings (SSSR count). The van der Waals surface area contributed by atoms with Crippen molar-refractivity contribution in [1.29, 1.82) is 0 Å². The molecule has 6 heteroatoms. The van der Waals surface area contributed by atoms with E-state index in [0.29, 0.717) is 5.92 Å². The van der Waals surface area contributed by atoms with Gasteiger partial charge in [-0.1, -0.05) is 12.1 Å². The van der Waals surface area contributed by atoms with Gasteiger partial charge in [-0.3, -0.25) is 14.7 Å². The number of fused-ring (bicyclic) bond motifs is 1. The summed E-state index contributed by atoms with van der Waals surface area (Å²) in [7, 11) is 3.64. The number of aromatic nitrogens is 2. The Balaban J connectivity index is 1.66. The van der Waals surface area contributed by atoms with Crippen LogP contribution in [0.15, 0.2) is 42.7 Å². The first-order valence-corrected chi connectivity index (χ1v) is 10.2. The average molecular weight is 381 g/mol. The maximum absolute atomic E-state index is 12.8. The molecule has 1 unspecified atom stereocenters. The van der Waals surface area contributed by atoms with Crippen molar-refractivity contribution >= 4 is 27.5 Å². The number of hydrogen-bond donors (Lipinski definition) is 0. The van der Waals surface area contributed by atoms with Gasteiger partial charge in [0.25, 0.3) is 5.91 Å². The van der Waals surface area contributed by atoms with E-state index < -0.39 is 0 Å². The highest BCUT2D eigenvalue weighted by Crippen LogP contribution is 2.39. The molecular formula is C21H24N4OS. The van der Waals surface area contributed by atoms with Gasteiger partial charge < -0.3 is 4.90 Å². The summed E-state index contributed by atoms with van der Waals surface area (Å²) in [6, 6.07) is 10.1. The van der Waals surface area contributed by atoms with Gasteiger partial charge in [0, 0.05) is 45.0 Å². The van der Waals surface area contributed by atoms with Crippen molar-refractivity contribution in [3.8, 4) is 0 Å². The van der Waals surface area contributed by atoms with Crippen LogP contribution < -0.4 is 0 Å². The Labute approximate surface area is 163 Å². The lowest BCUT2D eigenvalue weighted by Gasteiger charge is -2.33. The Morgan fingerprint density at radius 2 is 2.07 bits per heavy atom. The molecule has 0 bridgehead atoms. The van der Waals surface area contributed by atoms with Crippen LogP contribution >= 0.6 is 11.3 Å². The molecule has 4 heterocycles. The summed E-state index contributed by atoms with van der Waals surface area (Å²) in [6.45, 7) is 2.88. The van der Waals surface area contributed by atoms with E-state index in [2.05, 4.69) is 27.0 Å². The van der Waals surface area contributed by atoms with Gasteiger partial charge in [-0.2, -0.15) is 0 Å². The number of piperidine rings is 1. The van der Waals surface area contributed by atoms with E-state index in [1.165, 1.54) is 16.9 Å². The van der Waals surface area contributed by atoms with Crippen LogP contribution in [-0.2, 0) is 6.54 Å². The molecule has 0 saturated carbocycles. The molecule has 3 aromatic heterocycles. The smallest absolute Gasteiger partial charge is 0.263 e. The maximum atomic E-state index is 12.8. The van der Waals surface area contributed by atoms with Crippen molar-refractivity contribution in [3.05, 3.63) is 58.9 Å². The van der Waals surface area contributed by atoms with Gasteiger partial charge in [0.2, 0.25) is 0 Å². The molecule has 1 amide bonds. The third-order valence-electron chi connectivity index (χ3n) is 5.13. The second kappa shape index (κ2) is 7.74. The van der Waals surface area contributed by atoms with Gasteiger partial charge in [-0.05, 0) is 49.1 Å². The Morgan fingerprint density at radius 1 is 1.22 bits per heavy atom. The fraction of sp³-hybridized carbons (Fsp3) is 0.381. The fourth-order valence-corrected chi connectivity index (χ4v) is 5.13. The van der Waals surface area contributed by atoms with Gasteiger partial charge in [-0.25, -0.2) is 4.98 Å². The molecule has 5 nitrogen and oxygen atoms in total. The van der Waals surface area contributed by atoms with E-state index in [1.54, 1.807) is 11.1 Å². The van der Waals surface area contributed by atoms with Crippen LogP contribution in [0.25, 0.3) is 10.2 Å². The Bertz CT molecular complexity index is 938. The first-order chi connectivity index (χ1) is 13.1. The van der Waals surface area contributed by atoms with Crippen LogP contribution in [0.4, 0.5) is 0 Å². The third-order valence-corrected chi connectivity index (χ3v) is 6.25. The minimum absolute atomic E-state index is 0.0786. The van der Waals surface area contributed by atoms with E-state index in [-0.39, 0.29) is 5.91 Å². The van der Waals surface area contributed by atoms with Crippen LogP contribution in [0.3, 0.4) is 0 Å². The van der Waals surface area contributed by atoms with Gasteiger partial charge in [-0.15, -0.1) is 11.3 Å². The lowest BCUT2D eigenvalue weighted by molar-refractivity contribution is 0.0830. The molecule has 3 aromatic rings. The zero-order valence-electron chi connectivity index (χ0n) is 15.8. The molecule has 0 radical (unpaired) electrons. The van der Waals surface area contributed by atoms with Crippen LogP contribution in [0.1, 0.15) is 39.7 Å². The number of carbonyl (C=O) groups is 1. The first kappa shape index (κ1) is 18.1. The quantitative estimate of drug-likeness (QED) is 0.691. The largest absolute Gasteiger partial charge is 0.344 e. The number of likely N-dealkylation sites (tertiary alicyclic amines) is 1. The minimum atomic E-state index is 0.0786. The average Bonchev–Trinajstić information content (AvgIpc) is 3.07.